The maximum absolute atomic E-state index is 12.5. The smallest absolute Gasteiger partial charge is 0.387 e. The van der Waals surface area contributed by atoms with Gasteiger partial charge in [0.05, 0.1) is 23.6 Å². The third-order valence-corrected chi connectivity index (χ3v) is 3.20. The van der Waals surface area contributed by atoms with E-state index in [2.05, 4.69) is 15.6 Å². The Labute approximate surface area is 140 Å². The molecule has 25 heavy (non-hydrogen) atoms. The van der Waals surface area contributed by atoms with Crippen molar-refractivity contribution in [3.8, 4) is 0 Å². The van der Waals surface area contributed by atoms with Gasteiger partial charge in [-0.2, -0.15) is 13.2 Å². The number of rotatable bonds is 4. The predicted octanol–water partition coefficient (Wildman–Crippen LogP) is 1.89. The fourth-order valence-electron chi connectivity index (χ4n) is 1.91. The SMILES string of the molecule is O=C(NC[C@H](O)c1ccc(C(F)(F)F)cc1)C(=O)Nc1cccnc1. The van der Waals surface area contributed by atoms with Crippen LogP contribution in [-0.4, -0.2) is 28.4 Å². The zero-order chi connectivity index (χ0) is 18.4. The molecule has 6 nitrogen and oxygen atoms in total. The van der Waals surface area contributed by atoms with Crippen LogP contribution in [0, 0.1) is 0 Å². The topological polar surface area (TPSA) is 91.3 Å². The van der Waals surface area contributed by atoms with Gasteiger partial charge in [0.15, 0.2) is 0 Å². The van der Waals surface area contributed by atoms with Crippen LogP contribution < -0.4 is 10.6 Å². The second-order valence-corrected chi connectivity index (χ2v) is 5.04. The third-order valence-electron chi connectivity index (χ3n) is 3.20. The maximum Gasteiger partial charge on any atom is 0.416 e. The summed E-state index contributed by atoms with van der Waals surface area (Å²) < 4.78 is 37.4. The highest BCUT2D eigenvalue weighted by atomic mass is 19.4. The maximum atomic E-state index is 12.5. The number of carbonyl (C=O) groups is 2. The lowest BCUT2D eigenvalue weighted by atomic mass is 10.1. The number of nitrogens with zero attached hydrogens (tertiary/aromatic N) is 1. The molecule has 1 heterocycles. The normalized spacial score (nSPS) is 12.3. The van der Waals surface area contributed by atoms with Crippen molar-refractivity contribution >= 4 is 17.5 Å². The highest BCUT2D eigenvalue weighted by Crippen LogP contribution is 2.29. The van der Waals surface area contributed by atoms with Crippen molar-refractivity contribution in [3.05, 3.63) is 59.9 Å². The van der Waals surface area contributed by atoms with E-state index in [9.17, 15) is 27.9 Å². The molecule has 0 unspecified atom stereocenters. The number of hydrogen-bond acceptors (Lipinski definition) is 4. The average Bonchev–Trinajstić information content (AvgIpc) is 2.59. The van der Waals surface area contributed by atoms with Gasteiger partial charge in [0, 0.05) is 12.7 Å². The Balaban J connectivity index is 1.87. The van der Waals surface area contributed by atoms with E-state index in [-0.39, 0.29) is 12.1 Å². The van der Waals surface area contributed by atoms with E-state index in [1.165, 1.54) is 18.5 Å². The van der Waals surface area contributed by atoms with Crippen molar-refractivity contribution in [2.45, 2.75) is 12.3 Å². The van der Waals surface area contributed by atoms with Crippen molar-refractivity contribution < 1.29 is 27.9 Å². The number of alkyl halides is 3. The number of amides is 2. The highest BCUT2D eigenvalue weighted by molar-refractivity contribution is 6.39. The third kappa shape index (κ3) is 5.28. The molecule has 0 radical (unpaired) electrons. The van der Waals surface area contributed by atoms with Crippen LogP contribution in [-0.2, 0) is 15.8 Å². The predicted molar refractivity (Wildman–Crippen MR) is 82.3 cm³/mol. The number of aromatic nitrogens is 1. The number of pyridine rings is 1. The van der Waals surface area contributed by atoms with Gasteiger partial charge in [0.2, 0.25) is 0 Å². The molecule has 2 rings (SSSR count). The van der Waals surface area contributed by atoms with Gasteiger partial charge in [-0.15, -0.1) is 0 Å². The van der Waals surface area contributed by atoms with Gasteiger partial charge in [0.25, 0.3) is 0 Å². The van der Waals surface area contributed by atoms with Crippen LogP contribution in [0.3, 0.4) is 0 Å². The Bertz CT molecular complexity index is 734. The number of aliphatic hydroxyl groups excluding tert-OH is 1. The number of aliphatic hydroxyl groups is 1. The Kier molecular flexibility index (Phi) is 5.71. The van der Waals surface area contributed by atoms with Gasteiger partial charge in [-0.05, 0) is 29.8 Å². The molecule has 0 bridgehead atoms. The molecule has 0 aliphatic carbocycles. The van der Waals surface area contributed by atoms with E-state index >= 15 is 0 Å². The number of hydrogen-bond donors (Lipinski definition) is 3. The average molecular weight is 353 g/mol. The molecule has 1 aromatic heterocycles. The molecular weight excluding hydrogens is 339 g/mol. The van der Waals surface area contributed by atoms with Crippen LogP contribution in [0.25, 0.3) is 0 Å². The summed E-state index contributed by atoms with van der Waals surface area (Å²) in [6.07, 6.45) is -2.88. The largest absolute Gasteiger partial charge is 0.416 e. The monoisotopic (exact) mass is 353 g/mol. The zero-order valence-corrected chi connectivity index (χ0v) is 12.7. The van der Waals surface area contributed by atoms with Gasteiger partial charge < -0.3 is 15.7 Å². The van der Waals surface area contributed by atoms with Crippen LogP contribution in [0.1, 0.15) is 17.2 Å². The van der Waals surface area contributed by atoms with Crippen LogP contribution in [0.2, 0.25) is 0 Å². The number of benzene rings is 1. The highest BCUT2D eigenvalue weighted by Gasteiger charge is 2.30. The van der Waals surface area contributed by atoms with Crippen LogP contribution in [0.4, 0.5) is 18.9 Å². The molecule has 0 spiro atoms. The molecule has 0 fully saturated rings. The Morgan fingerprint density at radius 3 is 2.36 bits per heavy atom. The first-order chi connectivity index (χ1) is 11.8. The Morgan fingerprint density at radius 1 is 1.12 bits per heavy atom. The lowest BCUT2D eigenvalue weighted by Crippen LogP contribution is -2.37. The molecule has 2 aromatic rings. The molecule has 3 N–H and O–H groups in total. The minimum atomic E-state index is -4.47. The molecule has 2 amide bonds. The fourth-order valence-corrected chi connectivity index (χ4v) is 1.91. The van der Waals surface area contributed by atoms with E-state index in [4.69, 9.17) is 0 Å². The van der Waals surface area contributed by atoms with Gasteiger partial charge in [0.1, 0.15) is 0 Å². The minimum Gasteiger partial charge on any atom is -0.387 e. The number of halogens is 3. The van der Waals surface area contributed by atoms with Crippen LogP contribution in [0.5, 0.6) is 0 Å². The summed E-state index contributed by atoms with van der Waals surface area (Å²) in [5.41, 5.74) is -0.338. The summed E-state index contributed by atoms with van der Waals surface area (Å²) in [4.78, 5) is 27.1. The Morgan fingerprint density at radius 2 is 1.80 bits per heavy atom. The molecule has 1 aromatic carbocycles. The lowest BCUT2D eigenvalue weighted by Gasteiger charge is -2.13. The molecule has 0 saturated heterocycles. The number of anilines is 1. The molecule has 1 atom stereocenters. The fraction of sp³-hybridized carbons (Fsp3) is 0.188. The summed E-state index contributed by atoms with van der Waals surface area (Å²) >= 11 is 0. The first kappa shape index (κ1) is 18.4. The molecule has 0 aliphatic rings. The second-order valence-electron chi connectivity index (χ2n) is 5.04. The summed E-state index contributed by atoms with van der Waals surface area (Å²) in [7, 11) is 0. The van der Waals surface area contributed by atoms with Crippen LogP contribution in [0.15, 0.2) is 48.8 Å². The van der Waals surface area contributed by atoms with Gasteiger partial charge in [-0.1, -0.05) is 12.1 Å². The zero-order valence-electron chi connectivity index (χ0n) is 12.7. The van der Waals surface area contributed by atoms with Crippen LogP contribution >= 0.6 is 0 Å². The summed E-state index contributed by atoms with van der Waals surface area (Å²) in [5.74, 6) is -1.94. The van der Waals surface area contributed by atoms with Crippen molar-refractivity contribution in [3.63, 3.8) is 0 Å². The molecule has 0 aliphatic heterocycles. The Hall–Kier alpha value is -2.94. The van der Waals surface area contributed by atoms with E-state index in [0.717, 1.165) is 24.3 Å². The minimum absolute atomic E-state index is 0.181. The first-order valence-corrected chi connectivity index (χ1v) is 7.12. The van der Waals surface area contributed by atoms with E-state index in [1.54, 1.807) is 6.07 Å². The summed E-state index contributed by atoms with van der Waals surface area (Å²) in [5, 5.41) is 14.4. The molecule has 9 heteroatoms. The van der Waals surface area contributed by atoms with E-state index in [0.29, 0.717) is 5.69 Å². The van der Waals surface area contributed by atoms with Gasteiger partial charge in [-0.3, -0.25) is 14.6 Å². The van der Waals surface area contributed by atoms with E-state index in [1.807, 2.05) is 0 Å². The van der Waals surface area contributed by atoms with E-state index < -0.39 is 29.7 Å². The summed E-state index contributed by atoms with van der Waals surface area (Å²) in [6, 6.07) is 6.98. The van der Waals surface area contributed by atoms with Gasteiger partial charge >= 0.3 is 18.0 Å². The molecule has 132 valence electrons. The van der Waals surface area contributed by atoms with Crippen molar-refractivity contribution in [1.82, 2.24) is 10.3 Å². The van der Waals surface area contributed by atoms with Crippen molar-refractivity contribution in [2.75, 3.05) is 11.9 Å². The van der Waals surface area contributed by atoms with Crippen molar-refractivity contribution in [2.24, 2.45) is 0 Å². The first-order valence-electron chi connectivity index (χ1n) is 7.12. The number of carbonyl (C=O) groups excluding carboxylic acids is 2. The second kappa shape index (κ2) is 7.75. The quantitative estimate of drug-likeness (QED) is 0.732. The molecular formula is C16H14F3N3O3. The number of nitrogens with one attached hydrogen (secondary N) is 2. The van der Waals surface area contributed by atoms with Gasteiger partial charge in [-0.25, -0.2) is 0 Å². The lowest BCUT2D eigenvalue weighted by molar-refractivity contribution is -0.137. The summed E-state index contributed by atoms with van der Waals surface area (Å²) in [6.45, 7) is -0.329. The molecule has 0 saturated carbocycles. The van der Waals surface area contributed by atoms with Crippen molar-refractivity contribution in [1.29, 1.82) is 0 Å². The standard InChI is InChI=1S/C16H14F3N3O3/c17-16(18,19)11-5-3-10(4-6-11)13(23)9-21-14(24)15(25)22-12-2-1-7-20-8-12/h1-8,13,23H,9H2,(H,21,24)(H,22,25)/t13-/m0/s1.